The number of fused-ring (bicyclic) bond motifs is 2. The van der Waals surface area contributed by atoms with Crippen LogP contribution in [0.3, 0.4) is 0 Å². The third-order valence-electron chi connectivity index (χ3n) is 2.71. The standard InChI is InChI=1S/C10H9ClO2/c1-5(12)8-6-2-3-7(4-6)9(8)10(11)13/h2-3,6-7H,4H2,1H3. The Kier molecular flexibility index (Phi) is 1.88. The molecule has 0 amide bonds. The van der Waals surface area contributed by atoms with E-state index in [2.05, 4.69) is 0 Å². The quantitative estimate of drug-likeness (QED) is 0.499. The molecule has 13 heavy (non-hydrogen) atoms. The van der Waals surface area contributed by atoms with Gasteiger partial charge in [0.15, 0.2) is 5.78 Å². The van der Waals surface area contributed by atoms with Crippen LogP contribution in [0.4, 0.5) is 0 Å². The first-order chi connectivity index (χ1) is 6.11. The van der Waals surface area contributed by atoms with Gasteiger partial charge in [0, 0.05) is 23.0 Å². The summed E-state index contributed by atoms with van der Waals surface area (Å²) in [6.45, 7) is 1.49. The first-order valence-electron chi connectivity index (χ1n) is 4.24. The van der Waals surface area contributed by atoms with Gasteiger partial charge in [0.1, 0.15) is 0 Å². The summed E-state index contributed by atoms with van der Waals surface area (Å²) in [5, 5.41) is -0.470. The molecule has 0 aromatic carbocycles. The minimum atomic E-state index is -0.470. The molecule has 0 spiro atoms. The monoisotopic (exact) mass is 196 g/mol. The van der Waals surface area contributed by atoms with Crippen molar-refractivity contribution in [2.24, 2.45) is 11.8 Å². The molecule has 2 bridgehead atoms. The first kappa shape index (κ1) is 8.70. The van der Waals surface area contributed by atoms with Crippen molar-refractivity contribution in [3.05, 3.63) is 23.3 Å². The molecule has 0 aromatic heterocycles. The summed E-state index contributed by atoms with van der Waals surface area (Å²) in [6, 6.07) is 0. The molecule has 3 heteroatoms. The minimum Gasteiger partial charge on any atom is -0.295 e. The molecule has 0 aliphatic heterocycles. The summed E-state index contributed by atoms with van der Waals surface area (Å²) in [4.78, 5) is 22.3. The molecule has 2 atom stereocenters. The van der Waals surface area contributed by atoms with E-state index in [1.807, 2.05) is 12.2 Å². The van der Waals surface area contributed by atoms with Crippen LogP contribution < -0.4 is 0 Å². The van der Waals surface area contributed by atoms with E-state index in [0.29, 0.717) is 11.1 Å². The molecule has 0 heterocycles. The van der Waals surface area contributed by atoms with Gasteiger partial charge in [-0.3, -0.25) is 9.59 Å². The van der Waals surface area contributed by atoms with E-state index in [1.54, 1.807) is 0 Å². The van der Waals surface area contributed by atoms with Crippen LogP contribution >= 0.6 is 11.6 Å². The molecule has 0 aromatic rings. The maximum Gasteiger partial charge on any atom is 0.249 e. The first-order valence-corrected chi connectivity index (χ1v) is 4.62. The fourth-order valence-electron chi connectivity index (χ4n) is 2.23. The number of ketones is 1. The second-order valence-electron chi connectivity index (χ2n) is 3.49. The Bertz CT molecular complexity index is 320. The van der Waals surface area contributed by atoms with Crippen LogP contribution in [0.25, 0.3) is 0 Å². The lowest BCUT2D eigenvalue weighted by Crippen LogP contribution is -2.10. The van der Waals surface area contributed by atoms with E-state index in [1.165, 1.54) is 6.92 Å². The molecule has 0 radical (unpaired) electrons. The van der Waals surface area contributed by atoms with Gasteiger partial charge in [-0.1, -0.05) is 12.2 Å². The molecule has 0 N–H and O–H groups in total. The number of carbonyl (C=O) groups excluding carboxylic acids is 2. The smallest absolute Gasteiger partial charge is 0.249 e. The molecule has 0 saturated heterocycles. The van der Waals surface area contributed by atoms with Gasteiger partial charge in [-0.2, -0.15) is 0 Å². The number of rotatable bonds is 2. The number of Topliss-reactive ketones (excluding diaryl/α,β-unsaturated/α-hetero) is 1. The molecule has 68 valence electrons. The Morgan fingerprint density at radius 1 is 1.31 bits per heavy atom. The predicted octanol–water partition coefficient (Wildman–Crippen LogP) is 1.84. The van der Waals surface area contributed by atoms with Crippen LogP contribution in [0.1, 0.15) is 13.3 Å². The van der Waals surface area contributed by atoms with E-state index in [0.717, 1.165) is 6.42 Å². The van der Waals surface area contributed by atoms with E-state index in [-0.39, 0.29) is 17.6 Å². The van der Waals surface area contributed by atoms with Gasteiger partial charge < -0.3 is 0 Å². The van der Waals surface area contributed by atoms with Crippen LogP contribution in [0.15, 0.2) is 23.3 Å². The molecule has 2 nitrogen and oxygen atoms in total. The van der Waals surface area contributed by atoms with Crippen molar-refractivity contribution >= 4 is 22.6 Å². The molecule has 2 aliphatic rings. The highest BCUT2D eigenvalue weighted by Gasteiger charge is 2.39. The number of hydrogen-bond acceptors (Lipinski definition) is 2. The third kappa shape index (κ3) is 1.17. The van der Waals surface area contributed by atoms with Crippen molar-refractivity contribution in [1.29, 1.82) is 0 Å². The van der Waals surface area contributed by atoms with Gasteiger partial charge in [0.2, 0.25) is 5.24 Å². The van der Waals surface area contributed by atoms with Gasteiger partial charge in [-0.15, -0.1) is 0 Å². The van der Waals surface area contributed by atoms with Gasteiger partial charge in [-0.25, -0.2) is 0 Å². The van der Waals surface area contributed by atoms with Gasteiger partial charge >= 0.3 is 0 Å². The minimum absolute atomic E-state index is 0.0270. The van der Waals surface area contributed by atoms with E-state index in [9.17, 15) is 9.59 Å². The fourth-order valence-corrected chi connectivity index (χ4v) is 2.47. The molecule has 2 aliphatic carbocycles. The van der Waals surface area contributed by atoms with Crippen LogP contribution in [-0.2, 0) is 9.59 Å². The Morgan fingerprint density at radius 2 is 1.85 bits per heavy atom. The normalized spacial score (nSPS) is 30.0. The topological polar surface area (TPSA) is 34.1 Å². The van der Waals surface area contributed by atoms with E-state index < -0.39 is 5.24 Å². The Morgan fingerprint density at radius 3 is 2.23 bits per heavy atom. The van der Waals surface area contributed by atoms with Crippen LogP contribution in [0.2, 0.25) is 0 Å². The zero-order chi connectivity index (χ0) is 9.59. The number of carbonyl (C=O) groups is 2. The van der Waals surface area contributed by atoms with Crippen LogP contribution in [0, 0.1) is 11.8 Å². The highest BCUT2D eigenvalue weighted by atomic mass is 35.5. The molecule has 0 saturated carbocycles. The van der Waals surface area contributed by atoms with Gasteiger partial charge in [0.25, 0.3) is 0 Å². The highest BCUT2D eigenvalue weighted by Crippen LogP contribution is 2.44. The average Bonchev–Trinajstić information content (AvgIpc) is 2.60. The zero-order valence-corrected chi connectivity index (χ0v) is 7.97. The lowest BCUT2D eigenvalue weighted by molar-refractivity contribution is -0.114. The maximum atomic E-state index is 11.2. The number of halogens is 1. The van der Waals surface area contributed by atoms with Crippen LogP contribution in [-0.4, -0.2) is 11.0 Å². The summed E-state index contributed by atoms with van der Waals surface area (Å²) in [7, 11) is 0. The van der Waals surface area contributed by atoms with Gasteiger partial charge in [-0.05, 0) is 24.9 Å². The predicted molar refractivity (Wildman–Crippen MR) is 49.3 cm³/mol. The lowest BCUT2D eigenvalue weighted by Gasteiger charge is -2.09. The molecule has 2 unspecified atom stereocenters. The van der Waals surface area contributed by atoms with Crippen molar-refractivity contribution in [3.63, 3.8) is 0 Å². The number of hydrogen-bond donors (Lipinski definition) is 0. The third-order valence-corrected chi connectivity index (χ3v) is 2.91. The second-order valence-corrected chi connectivity index (χ2v) is 3.83. The number of allylic oxidation sites excluding steroid dienone is 4. The zero-order valence-electron chi connectivity index (χ0n) is 7.21. The maximum absolute atomic E-state index is 11.2. The molecular formula is C10H9ClO2. The highest BCUT2D eigenvalue weighted by molar-refractivity contribution is 6.68. The largest absolute Gasteiger partial charge is 0.295 e. The summed E-state index contributed by atoms with van der Waals surface area (Å²) in [6.07, 6.45) is 4.81. The Labute approximate surface area is 81.3 Å². The van der Waals surface area contributed by atoms with Crippen molar-refractivity contribution in [1.82, 2.24) is 0 Å². The van der Waals surface area contributed by atoms with Crippen LogP contribution in [0.5, 0.6) is 0 Å². The summed E-state index contributed by atoms with van der Waals surface area (Å²) < 4.78 is 0. The second kappa shape index (κ2) is 2.81. The Hall–Kier alpha value is -0.890. The summed E-state index contributed by atoms with van der Waals surface area (Å²) in [5.41, 5.74) is 1.16. The SMILES string of the molecule is CC(=O)C1=C(C(=O)Cl)C2C=CC1C2. The molecule has 2 rings (SSSR count). The van der Waals surface area contributed by atoms with E-state index >= 15 is 0 Å². The fraction of sp³-hybridized carbons (Fsp3) is 0.400. The Balaban J connectivity index is 2.48. The lowest BCUT2D eigenvalue weighted by atomic mass is 9.95. The van der Waals surface area contributed by atoms with Crippen molar-refractivity contribution in [2.45, 2.75) is 13.3 Å². The van der Waals surface area contributed by atoms with Crippen molar-refractivity contribution < 1.29 is 9.59 Å². The average molecular weight is 197 g/mol. The van der Waals surface area contributed by atoms with Crippen molar-refractivity contribution in [3.8, 4) is 0 Å². The summed E-state index contributed by atoms with van der Waals surface area (Å²) in [5.74, 6) is 0.204. The van der Waals surface area contributed by atoms with Gasteiger partial charge in [0.05, 0.1) is 0 Å². The molecule has 0 fully saturated rings. The van der Waals surface area contributed by atoms with E-state index in [4.69, 9.17) is 11.6 Å². The van der Waals surface area contributed by atoms with Crippen molar-refractivity contribution in [2.75, 3.05) is 0 Å². The molecular weight excluding hydrogens is 188 g/mol. The summed E-state index contributed by atoms with van der Waals surface area (Å²) >= 11 is 5.43.